The van der Waals surface area contributed by atoms with Crippen molar-refractivity contribution in [2.45, 2.75) is 30.2 Å². The van der Waals surface area contributed by atoms with Crippen LogP contribution in [-0.2, 0) is 11.2 Å². The van der Waals surface area contributed by atoms with E-state index in [0.29, 0.717) is 28.7 Å². The third kappa shape index (κ3) is 4.00. The van der Waals surface area contributed by atoms with E-state index in [1.54, 1.807) is 18.3 Å². The highest BCUT2D eigenvalue weighted by Crippen LogP contribution is 2.37. The standard InChI is InChI=1S/C19H17FN4O2S/c20-13-5-3-4-12-14(9-11-27-18(12)13)22-16(25)7-8-17-23-19(24-26-17)15-6-1-2-10-21-15/h1-6,10,14H,7-9,11H2,(H,22,25). The fourth-order valence-corrected chi connectivity index (χ4v) is 4.12. The smallest absolute Gasteiger partial charge is 0.227 e. The molecule has 3 aromatic rings. The van der Waals surface area contributed by atoms with E-state index in [1.165, 1.54) is 17.8 Å². The summed E-state index contributed by atoms with van der Waals surface area (Å²) < 4.78 is 19.1. The summed E-state index contributed by atoms with van der Waals surface area (Å²) in [5, 5.41) is 6.88. The lowest BCUT2D eigenvalue weighted by Crippen LogP contribution is -2.31. The van der Waals surface area contributed by atoms with Crippen molar-refractivity contribution in [3.63, 3.8) is 0 Å². The van der Waals surface area contributed by atoms with Gasteiger partial charge in [-0.2, -0.15) is 4.98 Å². The first kappa shape index (κ1) is 17.7. The van der Waals surface area contributed by atoms with E-state index in [1.807, 2.05) is 18.2 Å². The van der Waals surface area contributed by atoms with Crippen LogP contribution in [0.2, 0.25) is 0 Å². The van der Waals surface area contributed by atoms with Gasteiger partial charge in [0.05, 0.1) is 6.04 Å². The topological polar surface area (TPSA) is 80.9 Å². The van der Waals surface area contributed by atoms with Crippen molar-refractivity contribution in [2.24, 2.45) is 0 Å². The van der Waals surface area contributed by atoms with E-state index in [0.717, 1.165) is 17.7 Å². The molecule has 6 nitrogen and oxygen atoms in total. The zero-order valence-electron chi connectivity index (χ0n) is 14.4. The first-order valence-corrected chi connectivity index (χ1v) is 9.64. The Morgan fingerprint density at radius 3 is 3.07 bits per heavy atom. The van der Waals surface area contributed by atoms with Crippen molar-refractivity contribution < 1.29 is 13.7 Å². The minimum Gasteiger partial charge on any atom is -0.349 e. The summed E-state index contributed by atoms with van der Waals surface area (Å²) in [5.74, 6) is 1.20. The number of hydrogen-bond donors (Lipinski definition) is 1. The summed E-state index contributed by atoms with van der Waals surface area (Å²) >= 11 is 1.49. The first-order chi connectivity index (χ1) is 13.2. The van der Waals surface area contributed by atoms with Crippen LogP contribution in [0.5, 0.6) is 0 Å². The van der Waals surface area contributed by atoms with Crippen molar-refractivity contribution in [1.29, 1.82) is 0 Å². The zero-order chi connectivity index (χ0) is 18.6. The Bertz CT molecular complexity index is 948. The molecule has 1 aliphatic rings. The number of carbonyl (C=O) groups is 1. The van der Waals surface area contributed by atoms with Crippen molar-refractivity contribution in [1.82, 2.24) is 20.4 Å². The van der Waals surface area contributed by atoms with E-state index in [2.05, 4.69) is 20.4 Å². The van der Waals surface area contributed by atoms with Crippen LogP contribution in [0.25, 0.3) is 11.5 Å². The molecule has 8 heteroatoms. The molecule has 0 saturated carbocycles. The van der Waals surface area contributed by atoms with E-state index in [-0.39, 0.29) is 24.2 Å². The number of pyridine rings is 1. The van der Waals surface area contributed by atoms with Crippen molar-refractivity contribution in [3.8, 4) is 11.5 Å². The van der Waals surface area contributed by atoms with Gasteiger partial charge in [0.25, 0.3) is 0 Å². The molecule has 27 heavy (non-hydrogen) atoms. The lowest BCUT2D eigenvalue weighted by molar-refractivity contribution is -0.121. The van der Waals surface area contributed by atoms with Gasteiger partial charge >= 0.3 is 0 Å². The summed E-state index contributed by atoms with van der Waals surface area (Å²) in [7, 11) is 0. The van der Waals surface area contributed by atoms with Crippen molar-refractivity contribution in [3.05, 3.63) is 59.9 Å². The second kappa shape index (κ2) is 7.87. The minimum atomic E-state index is -0.232. The second-order valence-corrected chi connectivity index (χ2v) is 7.25. The summed E-state index contributed by atoms with van der Waals surface area (Å²) in [5.41, 5.74) is 1.46. The number of halogens is 1. The van der Waals surface area contributed by atoms with Gasteiger partial charge in [0.2, 0.25) is 17.6 Å². The molecule has 2 aromatic heterocycles. The van der Waals surface area contributed by atoms with E-state index in [9.17, 15) is 9.18 Å². The SMILES string of the molecule is O=C(CCc1nc(-c2ccccn2)no1)NC1CCSc2c(F)cccc21. The van der Waals surface area contributed by atoms with Gasteiger partial charge in [-0.05, 0) is 30.2 Å². The molecule has 0 bridgehead atoms. The van der Waals surface area contributed by atoms with Crippen LogP contribution in [0.1, 0.15) is 30.3 Å². The zero-order valence-corrected chi connectivity index (χ0v) is 15.2. The molecule has 0 aliphatic carbocycles. The summed E-state index contributed by atoms with van der Waals surface area (Å²) in [6, 6.07) is 10.3. The molecular weight excluding hydrogens is 367 g/mol. The molecule has 1 atom stereocenters. The molecule has 1 unspecified atom stereocenters. The highest BCUT2D eigenvalue weighted by atomic mass is 32.2. The third-order valence-corrected chi connectivity index (χ3v) is 5.45. The third-order valence-electron chi connectivity index (χ3n) is 4.29. The number of fused-ring (bicyclic) bond motifs is 1. The number of amides is 1. The van der Waals surface area contributed by atoms with Crippen LogP contribution in [-0.4, -0.2) is 26.8 Å². The van der Waals surface area contributed by atoms with Gasteiger partial charge in [-0.3, -0.25) is 9.78 Å². The maximum atomic E-state index is 13.9. The fraction of sp³-hybridized carbons (Fsp3) is 0.263. The van der Waals surface area contributed by atoms with Crippen LogP contribution >= 0.6 is 11.8 Å². The Kier molecular flexibility index (Phi) is 5.15. The molecule has 0 fully saturated rings. The average Bonchev–Trinajstić information content (AvgIpc) is 3.17. The van der Waals surface area contributed by atoms with Crippen LogP contribution in [0, 0.1) is 5.82 Å². The monoisotopic (exact) mass is 384 g/mol. The number of carbonyl (C=O) groups excluding carboxylic acids is 1. The van der Waals surface area contributed by atoms with Crippen LogP contribution in [0.3, 0.4) is 0 Å². The van der Waals surface area contributed by atoms with Crippen LogP contribution < -0.4 is 5.32 Å². The van der Waals surface area contributed by atoms with Crippen molar-refractivity contribution in [2.75, 3.05) is 5.75 Å². The van der Waals surface area contributed by atoms with Gasteiger partial charge in [0.1, 0.15) is 11.5 Å². The van der Waals surface area contributed by atoms with Gasteiger partial charge < -0.3 is 9.84 Å². The maximum absolute atomic E-state index is 13.9. The Morgan fingerprint density at radius 2 is 2.22 bits per heavy atom. The number of aromatic nitrogens is 3. The second-order valence-electron chi connectivity index (χ2n) is 6.14. The summed E-state index contributed by atoms with van der Waals surface area (Å²) in [6.07, 6.45) is 2.99. The number of benzene rings is 1. The number of hydrogen-bond acceptors (Lipinski definition) is 6. The van der Waals surface area contributed by atoms with Gasteiger partial charge in [-0.15, -0.1) is 11.8 Å². The Hall–Kier alpha value is -2.74. The highest BCUT2D eigenvalue weighted by Gasteiger charge is 2.24. The highest BCUT2D eigenvalue weighted by molar-refractivity contribution is 7.99. The van der Waals surface area contributed by atoms with E-state index >= 15 is 0 Å². The number of nitrogens with zero attached hydrogens (tertiary/aromatic N) is 3. The maximum Gasteiger partial charge on any atom is 0.227 e. The van der Waals surface area contributed by atoms with Gasteiger partial charge in [0.15, 0.2) is 0 Å². The number of nitrogens with one attached hydrogen (secondary N) is 1. The van der Waals surface area contributed by atoms with Crippen LogP contribution in [0.4, 0.5) is 4.39 Å². The lowest BCUT2D eigenvalue weighted by Gasteiger charge is -2.26. The van der Waals surface area contributed by atoms with Crippen molar-refractivity contribution >= 4 is 17.7 Å². The van der Waals surface area contributed by atoms with Crippen LogP contribution in [0.15, 0.2) is 52.0 Å². The molecule has 0 saturated heterocycles. The number of aryl methyl sites for hydroxylation is 1. The fourth-order valence-electron chi connectivity index (χ4n) is 2.98. The molecule has 1 N–H and O–H groups in total. The summed E-state index contributed by atoms with van der Waals surface area (Å²) in [6.45, 7) is 0. The van der Waals surface area contributed by atoms with Gasteiger partial charge in [-0.25, -0.2) is 4.39 Å². The van der Waals surface area contributed by atoms with E-state index < -0.39 is 0 Å². The number of thioether (sulfide) groups is 1. The van der Waals surface area contributed by atoms with E-state index in [4.69, 9.17) is 4.52 Å². The number of rotatable bonds is 5. The molecule has 138 valence electrons. The molecule has 0 spiro atoms. The molecule has 4 rings (SSSR count). The Morgan fingerprint density at radius 1 is 1.30 bits per heavy atom. The predicted molar refractivity (Wildman–Crippen MR) is 98.5 cm³/mol. The molecule has 1 amide bonds. The normalized spacial score (nSPS) is 16.0. The first-order valence-electron chi connectivity index (χ1n) is 8.65. The summed E-state index contributed by atoms with van der Waals surface area (Å²) in [4.78, 5) is 21.4. The molecule has 1 aliphatic heterocycles. The van der Waals surface area contributed by atoms with Gasteiger partial charge in [-0.1, -0.05) is 23.4 Å². The lowest BCUT2D eigenvalue weighted by atomic mass is 10.0. The minimum absolute atomic E-state index is 0.125. The largest absolute Gasteiger partial charge is 0.349 e. The quantitative estimate of drug-likeness (QED) is 0.724. The van der Waals surface area contributed by atoms with Gasteiger partial charge in [0, 0.05) is 29.7 Å². The Balaban J connectivity index is 1.36. The molecule has 0 radical (unpaired) electrons. The molecule has 1 aromatic carbocycles. The molecular formula is C19H17FN4O2S. The average molecular weight is 384 g/mol. The predicted octanol–water partition coefficient (Wildman–Crippen LogP) is 3.56. The molecule has 3 heterocycles. The Labute approximate surface area is 159 Å².